The summed E-state index contributed by atoms with van der Waals surface area (Å²) >= 11 is 3.25. The van der Waals surface area contributed by atoms with Crippen LogP contribution in [0.4, 0.5) is 0 Å². The van der Waals surface area contributed by atoms with Crippen molar-refractivity contribution in [2.45, 2.75) is 19.3 Å². The fraction of sp³-hybridized carbons (Fsp3) is 0.714. The van der Waals surface area contributed by atoms with E-state index < -0.39 is 5.91 Å². The fourth-order valence-corrected chi connectivity index (χ4v) is 1.02. The van der Waals surface area contributed by atoms with Crippen molar-refractivity contribution < 1.29 is 14.4 Å². The van der Waals surface area contributed by atoms with Crippen molar-refractivity contribution in [2.75, 3.05) is 11.9 Å². The summed E-state index contributed by atoms with van der Waals surface area (Å²) in [5, 5.41) is 0.877. The SMILES string of the molecule is NC(=O)CONC(=O)CCCCBr. The number of hydrogen-bond acceptors (Lipinski definition) is 3. The molecule has 76 valence electrons. The molecule has 0 atom stereocenters. The molecule has 0 aromatic heterocycles. The molecule has 0 unspecified atom stereocenters. The van der Waals surface area contributed by atoms with Crippen LogP contribution in [0, 0.1) is 0 Å². The van der Waals surface area contributed by atoms with E-state index >= 15 is 0 Å². The summed E-state index contributed by atoms with van der Waals surface area (Å²) in [6.07, 6.45) is 2.12. The molecule has 2 amide bonds. The van der Waals surface area contributed by atoms with E-state index in [1.807, 2.05) is 0 Å². The standard InChI is InChI=1S/C7H13BrN2O3/c8-4-2-1-3-7(12)10-13-5-6(9)11/h1-5H2,(H2,9,11)(H,10,12). The van der Waals surface area contributed by atoms with Crippen molar-refractivity contribution >= 4 is 27.7 Å². The van der Waals surface area contributed by atoms with Gasteiger partial charge in [0.1, 0.15) is 0 Å². The Morgan fingerprint density at radius 2 is 2.08 bits per heavy atom. The minimum atomic E-state index is -0.610. The molecular weight excluding hydrogens is 240 g/mol. The number of halogens is 1. The van der Waals surface area contributed by atoms with Gasteiger partial charge in [-0.3, -0.25) is 14.4 Å². The van der Waals surface area contributed by atoms with Crippen molar-refractivity contribution in [3.8, 4) is 0 Å². The molecule has 0 aliphatic heterocycles. The van der Waals surface area contributed by atoms with Crippen LogP contribution in [0.2, 0.25) is 0 Å². The van der Waals surface area contributed by atoms with Crippen LogP contribution in [-0.2, 0) is 14.4 Å². The van der Waals surface area contributed by atoms with Gasteiger partial charge < -0.3 is 5.73 Å². The number of hydroxylamine groups is 1. The Labute approximate surface area is 85.1 Å². The van der Waals surface area contributed by atoms with Crippen molar-refractivity contribution in [2.24, 2.45) is 5.73 Å². The number of carbonyl (C=O) groups excluding carboxylic acids is 2. The Morgan fingerprint density at radius 1 is 1.38 bits per heavy atom. The first-order valence-electron chi connectivity index (χ1n) is 3.91. The van der Waals surface area contributed by atoms with Crippen LogP contribution in [0.5, 0.6) is 0 Å². The highest BCUT2D eigenvalue weighted by atomic mass is 79.9. The number of nitrogens with one attached hydrogen (secondary N) is 1. The zero-order valence-electron chi connectivity index (χ0n) is 7.22. The number of rotatable bonds is 7. The third-order valence-corrected chi connectivity index (χ3v) is 1.75. The predicted molar refractivity (Wildman–Crippen MR) is 50.9 cm³/mol. The van der Waals surface area contributed by atoms with E-state index in [-0.39, 0.29) is 12.5 Å². The van der Waals surface area contributed by atoms with Crippen LogP contribution in [0.15, 0.2) is 0 Å². The van der Waals surface area contributed by atoms with Gasteiger partial charge in [0.2, 0.25) is 11.8 Å². The molecule has 0 bridgehead atoms. The van der Waals surface area contributed by atoms with E-state index in [9.17, 15) is 9.59 Å². The quantitative estimate of drug-likeness (QED) is 0.383. The second-order valence-electron chi connectivity index (χ2n) is 2.43. The lowest BCUT2D eigenvalue weighted by Crippen LogP contribution is -2.29. The van der Waals surface area contributed by atoms with Crippen LogP contribution < -0.4 is 11.2 Å². The van der Waals surface area contributed by atoms with Crippen molar-refractivity contribution in [3.63, 3.8) is 0 Å². The van der Waals surface area contributed by atoms with Gasteiger partial charge in [-0.1, -0.05) is 15.9 Å². The van der Waals surface area contributed by atoms with Gasteiger partial charge in [0.05, 0.1) is 0 Å². The molecular formula is C7H13BrN2O3. The highest BCUT2D eigenvalue weighted by Gasteiger charge is 2.01. The summed E-state index contributed by atoms with van der Waals surface area (Å²) in [6.45, 7) is -0.288. The molecule has 0 saturated heterocycles. The number of unbranched alkanes of at least 4 members (excludes halogenated alkanes) is 1. The molecule has 0 spiro atoms. The van der Waals surface area contributed by atoms with Gasteiger partial charge in [0.25, 0.3) is 0 Å². The maximum absolute atomic E-state index is 10.9. The number of primary amides is 1. The second-order valence-corrected chi connectivity index (χ2v) is 3.22. The number of carbonyl (C=O) groups is 2. The first kappa shape index (κ1) is 12.4. The van der Waals surface area contributed by atoms with E-state index in [0.717, 1.165) is 18.2 Å². The first-order valence-corrected chi connectivity index (χ1v) is 5.04. The average molecular weight is 253 g/mol. The number of alkyl halides is 1. The van der Waals surface area contributed by atoms with Gasteiger partial charge in [-0.25, -0.2) is 5.48 Å². The summed E-state index contributed by atoms with van der Waals surface area (Å²) in [7, 11) is 0. The molecule has 3 N–H and O–H groups in total. The minimum Gasteiger partial charge on any atom is -0.368 e. The lowest BCUT2D eigenvalue weighted by atomic mass is 10.2. The van der Waals surface area contributed by atoms with Gasteiger partial charge in [-0.05, 0) is 12.8 Å². The third-order valence-electron chi connectivity index (χ3n) is 1.19. The molecule has 0 aliphatic rings. The number of amides is 2. The van der Waals surface area contributed by atoms with Crippen molar-refractivity contribution in [1.29, 1.82) is 0 Å². The first-order chi connectivity index (χ1) is 6.16. The average Bonchev–Trinajstić information content (AvgIpc) is 2.04. The van der Waals surface area contributed by atoms with E-state index in [4.69, 9.17) is 5.73 Å². The Hall–Kier alpha value is -0.620. The number of hydrogen-bond donors (Lipinski definition) is 2. The smallest absolute Gasteiger partial charge is 0.246 e. The second kappa shape index (κ2) is 8.00. The maximum atomic E-state index is 10.9. The molecule has 0 aromatic carbocycles. The third kappa shape index (κ3) is 9.29. The zero-order valence-corrected chi connectivity index (χ0v) is 8.80. The predicted octanol–water partition coefficient (Wildman–Crippen LogP) is 0.0847. The molecule has 5 nitrogen and oxygen atoms in total. The van der Waals surface area contributed by atoms with Crippen LogP contribution in [0.1, 0.15) is 19.3 Å². The Balaban J connectivity index is 3.25. The molecule has 0 rings (SSSR count). The summed E-state index contributed by atoms with van der Waals surface area (Å²) in [5.74, 6) is -0.844. The summed E-state index contributed by atoms with van der Waals surface area (Å²) in [4.78, 5) is 25.6. The topological polar surface area (TPSA) is 81.4 Å². The van der Waals surface area contributed by atoms with Crippen molar-refractivity contribution in [3.05, 3.63) is 0 Å². The van der Waals surface area contributed by atoms with Crippen LogP contribution in [0.25, 0.3) is 0 Å². The fourth-order valence-electron chi connectivity index (χ4n) is 0.619. The van der Waals surface area contributed by atoms with Gasteiger partial charge in [-0.15, -0.1) is 0 Å². The van der Waals surface area contributed by atoms with Crippen molar-refractivity contribution in [1.82, 2.24) is 5.48 Å². The lowest BCUT2D eigenvalue weighted by molar-refractivity contribution is -0.138. The molecule has 0 aliphatic carbocycles. The Morgan fingerprint density at radius 3 is 2.62 bits per heavy atom. The van der Waals surface area contributed by atoms with E-state index in [1.54, 1.807) is 0 Å². The highest BCUT2D eigenvalue weighted by molar-refractivity contribution is 9.09. The van der Waals surface area contributed by atoms with Gasteiger partial charge >= 0.3 is 0 Å². The molecule has 0 fully saturated rings. The molecule has 0 radical (unpaired) electrons. The van der Waals surface area contributed by atoms with Crippen LogP contribution >= 0.6 is 15.9 Å². The summed E-state index contributed by atoms with van der Waals surface area (Å²) in [5.41, 5.74) is 6.90. The Bertz CT molecular complexity index is 175. The van der Waals surface area contributed by atoms with Crippen LogP contribution in [-0.4, -0.2) is 23.8 Å². The normalized spacial score (nSPS) is 9.62. The lowest BCUT2D eigenvalue weighted by Gasteiger charge is -2.02. The molecule has 6 heteroatoms. The maximum Gasteiger partial charge on any atom is 0.246 e. The van der Waals surface area contributed by atoms with E-state index in [0.29, 0.717) is 6.42 Å². The zero-order chi connectivity index (χ0) is 10.1. The largest absolute Gasteiger partial charge is 0.368 e. The molecule has 13 heavy (non-hydrogen) atoms. The highest BCUT2D eigenvalue weighted by Crippen LogP contribution is 1.97. The number of nitrogens with two attached hydrogens (primary N) is 1. The van der Waals surface area contributed by atoms with Gasteiger partial charge in [-0.2, -0.15) is 0 Å². The van der Waals surface area contributed by atoms with E-state index in [1.165, 1.54) is 0 Å². The molecule has 0 aromatic rings. The van der Waals surface area contributed by atoms with Gasteiger partial charge in [0.15, 0.2) is 6.61 Å². The van der Waals surface area contributed by atoms with Gasteiger partial charge in [0, 0.05) is 11.8 Å². The minimum absolute atomic E-state index is 0.234. The van der Waals surface area contributed by atoms with Crippen LogP contribution in [0.3, 0.4) is 0 Å². The summed E-state index contributed by atoms with van der Waals surface area (Å²) in [6, 6.07) is 0. The monoisotopic (exact) mass is 252 g/mol. The van der Waals surface area contributed by atoms with E-state index in [2.05, 4.69) is 26.2 Å². The Kier molecular flexibility index (Phi) is 7.62. The summed E-state index contributed by atoms with van der Waals surface area (Å²) < 4.78 is 0. The molecule has 0 heterocycles. The molecule has 0 saturated carbocycles.